The molecule has 1 aliphatic heterocycles. The number of halogens is 2. The van der Waals surface area contributed by atoms with Gasteiger partial charge < -0.3 is 19.0 Å². The van der Waals surface area contributed by atoms with Gasteiger partial charge in [-0.05, 0) is 60.5 Å². The van der Waals surface area contributed by atoms with Gasteiger partial charge in [-0.2, -0.15) is 0 Å². The van der Waals surface area contributed by atoms with Crippen molar-refractivity contribution < 1.29 is 23.1 Å². The number of ether oxygens (including phenoxy) is 1. The maximum absolute atomic E-state index is 13.6. The van der Waals surface area contributed by atoms with Crippen molar-refractivity contribution in [1.29, 1.82) is 0 Å². The molecule has 3 aromatic rings. The summed E-state index contributed by atoms with van der Waals surface area (Å²) in [6.45, 7) is 4.89. The van der Waals surface area contributed by atoms with Crippen LogP contribution in [0.15, 0.2) is 75.8 Å². The number of furan rings is 1. The molecule has 1 aliphatic rings. The Labute approximate surface area is 224 Å². The Morgan fingerprint density at radius 1 is 0.946 bits per heavy atom. The number of hydrogen-bond donors (Lipinski definition) is 0. The Balaban J connectivity index is 1.48. The number of benzene rings is 2. The molecule has 196 valence electrons. The van der Waals surface area contributed by atoms with Gasteiger partial charge in [0.25, 0.3) is 5.91 Å². The monoisotopic (exact) mass is 571 g/mol. The highest BCUT2D eigenvalue weighted by molar-refractivity contribution is 9.10. The van der Waals surface area contributed by atoms with Gasteiger partial charge in [0.05, 0.1) is 26.0 Å². The molecule has 0 bridgehead atoms. The smallest absolute Gasteiger partial charge is 0.254 e. The van der Waals surface area contributed by atoms with Crippen LogP contribution < -0.4 is 0 Å². The van der Waals surface area contributed by atoms with Gasteiger partial charge in [0.1, 0.15) is 18.1 Å². The van der Waals surface area contributed by atoms with Gasteiger partial charge >= 0.3 is 0 Å². The van der Waals surface area contributed by atoms with Crippen molar-refractivity contribution in [2.45, 2.75) is 19.5 Å². The lowest BCUT2D eigenvalue weighted by atomic mass is 10.1. The van der Waals surface area contributed by atoms with E-state index in [2.05, 4.69) is 20.8 Å². The lowest BCUT2D eigenvalue weighted by molar-refractivity contribution is -0.133. The fraction of sp³-hybridized carbons (Fsp3) is 0.357. The Morgan fingerprint density at radius 2 is 1.68 bits per heavy atom. The minimum atomic E-state index is -0.334. The molecule has 2 aromatic carbocycles. The van der Waals surface area contributed by atoms with Crippen LogP contribution >= 0.6 is 15.9 Å². The molecular formula is C28H31BrFN3O4. The van der Waals surface area contributed by atoms with E-state index in [0.29, 0.717) is 31.1 Å². The largest absolute Gasteiger partial charge is 0.467 e. The molecule has 0 aliphatic carbocycles. The second kappa shape index (κ2) is 13.5. The third-order valence-corrected chi connectivity index (χ3v) is 6.81. The van der Waals surface area contributed by atoms with Crippen LogP contribution in [-0.4, -0.2) is 72.5 Å². The first kappa shape index (κ1) is 27.0. The number of morpholine rings is 1. The zero-order valence-corrected chi connectivity index (χ0v) is 22.2. The lowest BCUT2D eigenvalue weighted by Crippen LogP contribution is -2.44. The molecule has 1 aromatic heterocycles. The Morgan fingerprint density at radius 3 is 2.35 bits per heavy atom. The summed E-state index contributed by atoms with van der Waals surface area (Å²) in [6, 6.07) is 16.8. The van der Waals surface area contributed by atoms with Gasteiger partial charge in [-0.3, -0.25) is 14.5 Å². The summed E-state index contributed by atoms with van der Waals surface area (Å²) in [5, 5.41) is 0. The summed E-state index contributed by atoms with van der Waals surface area (Å²) in [4.78, 5) is 32.6. The zero-order chi connectivity index (χ0) is 26.0. The van der Waals surface area contributed by atoms with Gasteiger partial charge in [0.15, 0.2) is 0 Å². The Bertz CT molecular complexity index is 1130. The second-order valence-electron chi connectivity index (χ2n) is 9.00. The van der Waals surface area contributed by atoms with Crippen LogP contribution in [0.2, 0.25) is 0 Å². The molecule has 1 saturated heterocycles. The van der Waals surface area contributed by atoms with Gasteiger partial charge in [-0.1, -0.05) is 28.1 Å². The van der Waals surface area contributed by atoms with Crippen LogP contribution in [0.25, 0.3) is 0 Å². The molecule has 0 atom stereocenters. The number of nitrogens with zero attached hydrogens (tertiary/aromatic N) is 3. The van der Waals surface area contributed by atoms with Crippen molar-refractivity contribution in [3.8, 4) is 0 Å². The van der Waals surface area contributed by atoms with Crippen LogP contribution in [0.3, 0.4) is 0 Å². The van der Waals surface area contributed by atoms with E-state index in [9.17, 15) is 14.0 Å². The summed E-state index contributed by atoms with van der Waals surface area (Å²) in [6.07, 6.45) is 2.30. The van der Waals surface area contributed by atoms with Crippen molar-refractivity contribution in [3.63, 3.8) is 0 Å². The number of hydrogen-bond acceptors (Lipinski definition) is 5. The SMILES string of the molecule is O=C(CN(CCCN1CCOCC1)C(=O)c1ccc(Br)cc1)N(Cc1ccc(F)cc1)Cc1ccco1. The average Bonchev–Trinajstić information content (AvgIpc) is 3.43. The Kier molecular flexibility index (Phi) is 9.87. The van der Waals surface area contributed by atoms with Crippen LogP contribution in [0.5, 0.6) is 0 Å². The number of amides is 2. The summed E-state index contributed by atoms with van der Waals surface area (Å²) >= 11 is 3.41. The molecule has 37 heavy (non-hydrogen) atoms. The maximum Gasteiger partial charge on any atom is 0.254 e. The van der Waals surface area contributed by atoms with E-state index < -0.39 is 0 Å². The fourth-order valence-corrected chi connectivity index (χ4v) is 4.50. The van der Waals surface area contributed by atoms with E-state index in [1.54, 1.807) is 52.5 Å². The zero-order valence-electron chi connectivity index (χ0n) is 20.7. The normalized spacial score (nSPS) is 13.9. The highest BCUT2D eigenvalue weighted by Gasteiger charge is 2.24. The quantitative estimate of drug-likeness (QED) is 0.337. The topological polar surface area (TPSA) is 66.2 Å². The van der Waals surface area contributed by atoms with Crippen molar-refractivity contribution >= 4 is 27.7 Å². The van der Waals surface area contributed by atoms with Gasteiger partial charge in [0.2, 0.25) is 5.91 Å². The molecule has 2 heterocycles. The van der Waals surface area contributed by atoms with E-state index in [4.69, 9.17) is 9.15 Å². The third kappa shape index (κ3) is 8.24. The van der Waals surface area contributed by atoms with Crippen LogP contribution in [-0.2, 0) is 22.6 Å². The van der Waals surface area contributed by atoms with Crippen LogP contribution in [0, 0.1) is 5.82 Å². The van der Waals surface area contributed by atoms with E-state index in [1.165, 1.54) is 12.1 Å². The standard InChI is InChI=1S/C28H31BrFN3O4/c29-24-8-6-23(7-9-24)28(35)32(13-2-12-31-14-17-36-18-15-31)21-27(34)33(20-26-3-1-16-37-26)19-22-4-10-25(30)11-5-22/h1,3-11,16H,2,12-15,17-21H2. The van der Waals surface area contributed by atoms with Crippen molar-refractivity contribution in [2.75, 3.05) is 45.9 Å². The third-order valence-electron chi connectivity index (χ3n) is 6.28. The lowest BCUT2D eigenvalue weighted by Gasteiger charge is -2.30. The van der Waals surface area contributed by atoms with E-state index in [1.807, 2.05) is 12.1 Å². The van der Waals surface area contributed by atoms with Crippen LogP contribution in [0.1, 0.15) is 28.1 Å². The maximum atomic E-state index is 13.6. The van der Waals surface area contributed by atoms with Crippen LogP contribution in [0.4, 0.5) is 4.39 Å². The van der Waals surface area contributed by atoms with Gasteiger partial charge in [0, 0.05) is 42.8 Å². The fourth-order valence-electron chi connectivity index (χ4n) is 4.23. The molecule has 0 radical (unpaired) electrons. The number of rotatable bonds is 11. The van der Waals surface area contributed by atoms with E-state index >= 15 is 0 Å². The molecule has 7 nitrogen and oxygen atoms in total. The number of carbonyl (C=O) groups is 2. The summed E-state index contributed by atoms with van der Waals surface area (Å²) < 4.78 is 25.2. The minimum Gasteiger partial charge on any atom is -0.467 e. The number of carbonyl (C=O) groups excluding carboxylic acids is 2. The first-order chi connectivity index (χ1) is 18.0. The Hall–Kier alpha value is -3.01. The predicted molar refractivity (Wildman–Crippen MR) is 141 cm³/mol. The van der Waals surface area contributed by atoms with E-state index in [0.717, 1.165) is 36.1 Å². The highest BCUT2D eigenvalue weighted by Crippen LogP contribution is 2.16. The molecule has 4 rings (SSSR count). The molecule has 2 amide bonds. The molecule has 0 unspecified atom stereocenters. The molecule has 1 fully saturated rings. The van der Waals surface area contributed by atoms with Crippen molar-refractivity contribution in [3.05, 3.63) is 94.1 Å². The van der Waals surface area contributed by atoms with Gasteiger partial charge in [-0.25, -0.2) is 4.39 Å². The minimum absolute atomic E-state index is 0.0695. The molecular weight excluding hydrogens is 541 g/mol. The summed E-state index contributed by atoms with van der Waals surface area (Å²) in [7, 11) is 0. The average molecular weight is 572 g/mol. The predicted octanol–water partition coefficient (Wildman–Crippen LogP) is 4.57. The van der Waals surface area contributed by atoms with Gasteiger partial charge in [-0.15, -0.1) is 0 Å². The molecule has 0 saturated carbocycles. The molecule has 9 heteroatoms. The highest BCUT2D eigenvalue weighted by atomic mass is 79.9. The second-order valence-corrected chi connectivity index (χ2v) is 9.91. The molecule has 0 spiro atoms. The first-order valence-corrected chi connectivity index (χ1v) is 13.2. The summed E-state index contributed by atoms with van der Waals surface area (Å²) in [5.74, 6) is -0.104. The van der Waals surface area contributed by atoms with Crippen molar-refractivity contribution in [1.82, 2.24) is 14.7 Å². The van der Waals surface area contributed by atoms with E-state index in [-0.39, 0.29) is 37.3 Å². The van der Waals surface area contributed by atoms with Crippen molar-refractivity contribution in [2.24, 2.45) is 0 Å². The molecule has 0 N–H and O–H groups in total. The summed E-state index contributed by atoms with van der Waals surface area (Å²) in [5.41, 5.74) is 1.32. The first-order valence-electron chi connectivity index (χ1n) is 12.4.